The van der Waals surface area contributed by atoms with E-state index < -0.39 is 44.5 Å². The van der Waals surface area contributed by atoms with Crippen molar-refractivity contribution in [1.82, 2.24) is 19.5 Å². The van der Waals surface area contributed by atoms with Gasteiger partial charge >= 0.3 is 0 Å². The molecule has 0 amide bonds. The lowest BCUT2D eigenvalue weighted by atomic mass is 10.1. The number of ether oxygens (including phenoxy) is 1. The number of aromatic nitrogens is 4. The third-order valence-corrected chi connectivity index (χ3v) is 3.94. The lowest BCUT2D eigenvalue weighted by Crippen LogP contribution is -2.34. The lowest BCUT2D eigenvalue weighted by molar-refractivity contribution is -0.222. The minimum absolute atomic E-state index is 0. The molecule has 14 heteroatoms. The van der Waals surface area contributed by atoms with Crippen LogP contribution in [-0.4, -0.2) is 59.5 Å². The molecule has 3 rings (SSSR count). The number of nitrogens with one attached hydrogen (secondary N) is 1. The lowest BCUT2D eigenvalue weighted by Gasteiger charge is -2.20. The van der Waals surface area contributed by atoms with Crippen LogP contribution in [0.25, 0.3) is 11.2 Å². The van der Waals surface area contributed by atoms with Crippen LogP contribution in [0.15, 0.2) is 11.1 Å². The van der Waals surface area contributed by atoms with E-state index in [0.717, 1.165) is 6.33 Å². The molecule has 5 unspecified atom stereocenters. The summed E-state index contributed by atoms with van der Waals surface area (Å²) in [5.74, 6) is -0.185. The van der Waals surface area contributed by atoms with Crippen molar-refractivity contribution < 1.29 is 33.8 Å². The Hall–Kier alpha value is -1.86. The van der Waals surface area contributed by atoms with E-state index in [0.29, 0.717) is 0 Å². The Kier molecular flexibility index (Phi) is 5.30. The van der Waals surface area contributed by atoms with Crippen LogP contribution in [0.2, 0.25) is 0 Å². The van der Waals surface area contributed by atoms with Crippen LogP contribution in [0.1, 0.15) is 13.7 Å². The van der Waals surface area contributed by atoms with Crippen molar-refractivity contribution in [2.75, 3.05) is 12.3 Å². The van der Waals surface area contributed by atoms with Crippen molar-refractivity contribution in [3.05, 3.63) is 16.7 Å². The van der Waals surface area contributed by atoms with E-state index in [1.165, 1.54) is 4.57 Å². The highest BCUT2D eigenvalue weighted by molar-refractivity contribution is 7.44. The smallest absolute Gasteiger partial charge is 0.280 e. The van der Waals surface area contributed by atoms with Gasteiger partial charge in [0.1, 0.15) is 18.3 Å². The summed E-state index contributed by atoms with van der Waals surface area (Å²) in [5.41, 5.74) is 4.81. The third-order valence-electron chi connectivity index (χ3n) is 3.46. The molecular formula is C11H17N5O8P-. The van der Waals surface area contributed by atoms with Crippen LogP contribution < -0.4 is 16.2 Å². The topological polar surface area (TPSA) is 209 Å². The van der Waals surface area contributed by atoms with Gasteiger partial charge in [0.15, 0.2) is 17.4 Å². The van der Waals surface area contributed by atoms with Gasteiger partial charge in [-0.3, -0.25) is 18.9 Å². The Balaban J connectivity index is 0.00000225. The number of phosphoric ester groups is 1. The first-order valence-electron chi connectivity index (χ1n) is 6.59. The van der Waals surface area contributed by atoms with Gasteiger partial charge < -0.3 is 35.0 Å². The summed E-state index contributed by atoms with van der Waals surface area (Å²) in [6.07, 6.45) is -4.34. The Morgan fingerprint density at radius 1 is 1.48 bits per heavy atom. The fourth-order valence-electron chi connectivity index (χ4n) is 2.39. The molecule has 2 aromatic heterocycles. The maximum absolute atomic E-state index is 11.7. The van der Waals surface area contributed by atoms with Crippen LogP contribution in [-0.2, 0) is 13.8 Å². The van der Waals surface area contributed by atoms with Gasteiger partial charge in [0.25, 0.3) is 13.4 Å². The number of nitrogens with zero attached hydrogens (tertiary/aromatic N) is 3. The van der Waals surface area contributed by atoms with Crippen LogP contribution in [0.4, 0.5) is 5.95 Å². The molecule has 0 aromatic carbocycles. The highest BCUT2D eigenvalue weighted by atomic mass is 31.2. The second kappa shape index (κ2) is 6.80. The van der Waals surface area contributed by atoms with E-state index in [4.69, 9.17) is 15.4 Å². The molecule has 1 aliphatic rings. The molecule has 0 radical (unpaired) electrons. The Morgan fingerprint density at radius 2 is 2.16 bits per heavy atom. The Morgan fingerprint density at radius 3 is 2.80 bits per heavy atom. The first-order chi connectivity index (χ1) is 11.2. The number of fused-ring (bicyclic) bond motifs is 1. The summed E-state index contributed by atoms with van der Waals surface area (Å²) in [7, 11) is -5.01. The molecule has 0 spiro atoms. The van der Waals surface area contributed by atoms with Gasteiger partial charge in [-0.25, -0.2) is 4.98 Å². The van der Waals surface area contributed by atoms with Crippen molar-refractivity contribution in [3.63, 3.8) is 0 Å². The third kappa shape index (κ3) is 3.72. The van der Waals surface area contributed by atoms with E-state index in [1.807, 2.05) is 0 Å². The first kappa shape index (κ1) is 19.5. The molecule has 0 bridgehead atoms. The average molecular weight is 378 g/mol. The van der Waals surface area contributed by atoms with Gasteiger partial charge in [0, 0.05) is 0 Å². The highest BCUT2D eigenvalue weighted by Crippen LogP contribution is 2.35. The predicted molar refractivity (Wildman–Crippen MR) is 81.0 cm³/mol. The number of hydrogen-bond acceptors (Lipinski definition) is 10. The van der Waals surface area contributed by atoms with E-state index in [-0.39, 0.29) is 24.5 Å². The van der Waals surface area contributed by atoms with Gasteiger partial charge in [0.2, 0.25) is 5.95 Å². The molecule has 5 atom stereocenters. The summed E-state index contributed by atoms with van der Waals surface area (Å²) in [5, 5.41) is 20.0. The standard InChI is InChI=1S/C10H14N5O8P.CH4/c11-10-13-7-4(8(18)14-10)12-2-15(7)9-6(17)5(16)3(23-9)1-22-24(19,20)21;/h2-3,5-6,9,16-17H,1H2,(H2,19,20,21)(H3,11,13,14,18);1H4/p-1. The summed E-state index contributed by atoms with van der Waals surface area (Å²) in [6.45, 7) is -0.714. The molecule has 0 aliphatic carbocycles. The molecule has 6 N–H and O–H groups in total. The van der Waals surface area contributed by atoms with Crippen molar-refractivity contribution in [2.45, 2.75) is 32.0 Å². The number of imidazole rings is 1. The van der Waals surface area contributed by atoms with Crippen molar-refractivity contribution in [3.8, 4) is 0 Å². The number of aliphatic hydroxyl groups excluding tert-OH is 2. The number of H-pyrrole nitrogens is 1. The van der Waals surface area contributed by atoms with E-state index in [9.17, 15) is 24.5 Å². The van der Waals surface area contributed by atoms with Gasteiger partial charge in [-0.2, -0.15) is 4.98 Å². The minimum atomic E-state index is -5.01. The second-order valence-electron chi connectivity index (χ2n) is 5.09. The second-order valence-corrected chi connectivity index (χ2v) is 6.28. The molecule has 25 heavy (non-hydrogen) atoms. The van der Waals surface area contributed by atoms with Crippen molar-refractivity contribution >= 4 is 24.9 Å². The predicted octanol–water partition coefficient (Wildman–Crippen LogP) is -2.57. The zero-order chi connectivity index (χ0) is 17.6. The molecule has 0 saturated carbocycles. The summed E-state index contributed by atoms with van der Waals surface area (Å²) in [4.78, 5) is 40.9. The molecule has 1 fully saturated rings. The molecule has 140 valence electrons. The van der Waals surface area contributed by atoms with Crippen LogP contribution in [0.5, 0.6) is 0 Å². The van der Waals surface area contributed by atoms with Gasteiger partial charge in [-0.15, -0.1) is 0 Å². The van der Waals surface area contributed by atoms with Crippen molar-refractivity contribution in [1.29, 1.82) is 0 Å². The highest BCUT2D eigenvalue weighted by Gasteiger charge is 2.44. The SMILES string of the molecule is C.Nc1nc2c(ncn2C2OC(COP(=O)([O-])O)C(O)C2O)c(=O)[nH]1. The largest absolute Gasteiger partial charge is 0.756 e. The number of anilines is 1. The van der Waals surface area contributed by atoms with Crippen LogP contribution >= 0.6 is 7.82 Å². The number of nitrogen functional groups attached to an aromatic ring is 1. The summed E-state index contributed by atoms with van der Waals surface area (Å²) >= 11 is 0. The molecule has 2 aromatic rings. The number of nitrogens with two attached hydrogens (primary N) is 1. The average Bonchev–Trinajstić information content (AvgIpc) is 3.00. The molecular weight excluding hydrogens is 361 g/mol. The van der Waals surface area contributed by atoms with E-state index in [1.54, 1.807) is 0 Å². The molecule has 3 heterocycles. The van der Waals surface area contributed by atoms with Crippen LogP contribution in [0, 0.1) is 0 Å². The maximum atomic E-state index is 11.7. The van der Waals surface area contributed by atoms with E-state index >= 15 is 0 Å². The normalized spacial score (nSPS) is 28.6. The molecule has 13 nitrogen and oxygen atoms in total. The van der Waals surface area contributed by atoms with Crippen LogP contribution in [0.3, 0.4) is 0 Å². The molecule has 1 saturated heterocycles. The molecule has 1 aliphatic heterocycles. The van der Waals surface area contributed by atoms with Crippen molar-refractivity contribution in [2.24, 2.45) is 0 Å². The first-order valence-corrected chi connectivity index (χ1v) is 8.09. The van der Waals surface area contributed by atoms with Gasteiger partial charge in [0.05, 0.1) is 12.9 Å². The maximum Gasteiger partial charge on any atom is 0.280 e. The number of aliphatic hydroxyl groups is 2. The fraction of sp³-hybridized carbons (Fsp3) is 0.545. The number of hydrogen-bond donors (Lipinski definition) is 5. The number of phosphoric acid groups is 1. The zero-order valence-electron chi connectivity index (χ0n) is 11.8. The van der Waals surface area contributed by atoms with E-state index in [2.05, 4.69) is 19.5 Å². The monoisotopic (exact) mass is 378 g/mol. The fourth-order valence-corrected chi connectivity index (χ4v) is 2.73. The Bertz CT molecular complexity index is 862. The summed E-state index contributed by atoms with van der Waals surface area (Å²) in [6, 6.07) is 0. The van der Waals surface area contributed by atoms with Gasteiger partial charge in [-0.1, -0.05) is 7.43 Å². The Labute approximate surface area is 140 Å². The minimum Gasteiger partial charge on any atom is -0.756 e. The number of aromatic amines is 1. The van der Waals surface area contributed by atoms with Gasteiger partial charge in [-0.05, 0) is 0 Å². The summed E-state index contributed by atoms with van der Waals surface area (Å²) < 4.78 is 21.3. The number of rotatable bonds is 4. The quantitative estimate of drug-likeness (QED) is 0.349. The zero-order valence-corrected chi connectivity index (χ0v) is 12.7.